The smallest absolute Gasteiger partial charge is 0.325 e. The number of methoxy groups -OCH3 is 1. The van der Waals surface area contributed by atoms with Gasteiger partial charge in [0.05, 0.1) is 7.11 Å². The average molecular weight is 437 g/mol. The number of hydrogen-bond donors (Lipinski definition) is 1. The van der Waals surface area contributed by atoms with Crippen molar-refractivity contribution in [3.8, 4) is 5.75 Å². The molecule has 0 bridgehead atoms. The minimum absolute atomic E-state index is 0.225. The number of anilines is 1. The molecule has 4 rings (SSSR count). The normalized spacial score (nSPS) is 21.0. The molecule has 2 aliphatic rings. The second kappa shape index (κ2) is 8.53. The number of nitrogens with one attached hydrogen (secondary N) is 1. The molecule has 2 saturated heterocycles. The van der Waals surface area contributed by atoms with Crippen LogP contribution in [0.3, 0.4) is 0 Å². The van der Waals surface area contributed by atoms with Crippen molar-refractivity contribution in [1.29, 1.82) is 0 Å². The van der Waals surface area contributed by atoms with Crippen molar-refractivity contribution in [2.24, 2.45) is 0 Å². The van der Waals surface area contributed by atoms with Gasteiger partial charge in [0.25, 0.3) is 5.91 Å². The first-order valence-electron chi connectivity index (χ1n) is 10.7. The summed E-state index contributed by atoms with van der Waals surface area (Å²) < 4.78 is 5.20. The Kier molecular flexibility index (Phi) is 5.78. The van der Waals surface area contributed by atoms with Crippen LogP contribution in [0, 0.1) is 6.92 Å². The molecule has 2 aromatic rings. The Bertz CT molecular complexity index is 1030. The van der Waals surface area contributed by atoms with Crippen LogP contribution < -0.4 is 15.0 Å². The third-order valence-corrected chi connectivity index (χ3v) is 6.32. The fourth-order valence-corrected chi connectivity index (χ4v) is 4.40. The van der Waals surface area contributed by atoms with E-state index in [1.54, 1.807) is 18.9 Å². The molecule has 0 aromatic heterocycles. The van der Waals surface area contributed by atoms with Crippen LogP contribution in [0.25, 0.3) is 0 Å². The van der Waals surface area contributed by atoms with Crippen LogP contribution in [0.1, 0.15) is 18.1 Å². The summed E-state index contributed by atoms with van der Waals surface area (Å²) in [5.74, 6) is 0.174. The molecule has 32 heavy (non-hydrogen) atoms. The topological polar surface area (TPSA) is 82.2 Å². The number of imide groups is 1. The number of nitrogens with zero attached hydrogens (tertiary/aromatic N) is 3. The molecule has 8 heteroatoms. The van der Waals surface area contributed by atoms with Crippen molar-refractivity contribution in [3.05, 3.63) is 59.7 Å². The van der Waals surface area contributed by atoms with Crippen molar-refractivity contribution in [3.63, 3.8) is 0 Å². The molecule has 2 fully saturated rings. The average Bonchev–Trinajstić information content (AvgIpc) is 3.03. The van der Waals surface area contributed by atoms with Gasteiger partial charge < -0.3 is 19.9 Å². The Labute approximate surface area is 187 Å². The summed E-state index contributed by atoms with van der Waals surface area (Å²) in [5.41, 5.74) is 1.55. The SMILES string of the molecule is COc1ccc(N2CCN(C(=O)CN3C(=O)NC(C)(c4ccccc4C)C3=O)CC2)cc1. The Morgan fingerprint density at radius 1 is 1.03 bits per heavy atom. The minimum atomic E-state index is -1.17. The van der Waals surface area contributed by atoms with Gasteiger partial charge in [0, 0.05) is 31.9 Å². The van der Waals surface area contributed by atoms with Gasteiger partial charge in [0.15, 0.2) is 0 Å². The van der Waals surface area contributed by atoms with Gasteiger partial charge >= 0.3 is 6.03 Å². The highest BCUT2D eigenvalue weighted by molar-refractivity contribution is 6.09. The molecule has 0 spiro atoms. The number of carbonyl (C=O) groups excluding carboxylic acids is 3. The number of ether oxygens (including phenoxy) is 1. The lowest BCUT2D eigenvalue weighted by atomic mass is 9.88. The van der Waals surface area contributed by atoms with Gasteiger partial charge in [-0.05, 0) is 49.2 Å². The molecule has 4 amide bonds. The highest BCUT2D eigenvalue weighted by atomic mass is 16.5. The third kappa shape index (κ3) is 3.88. The van der Waals surface area contributed by atoms with E-state index in [1.807, 2.05) is 55.5 Å². The highest BCUT2D eigenvalue weighted by Crippen LogP contribution is 2.31. The van der Waals surface area contributed by atoms with Crippen LogP contribution in [0.5, 0.6) is 5.75 Å². The van der Waals surface area contributed by atoms with E-state index in [0.29, 0.717) is 26.2 Å². The molecule has 1 N–H and O–H groups in total. The van der Waals surface area contributed by atoms with E-state index in [4.69, 9.17) is 4.74 Å². The lowest BCUT2D eigenvalue weighted by molar-refractivity contribution is -0.139. The maximum absolute atomic E-state index is 13.2. The second-order valence-corrected chi connectivity index (χ2v) is 8.33. The monoisotopic (exact) mass is 436 g/mol. The van der Waals surface area contributed by atoms with Crippen molar-refractivity contribution in [2.45, 2.75) is 19.4 Å². The molecule has 2 aliphatic heterocycles. The fraction of sp³-hybridized carbons (Fsp3) is 0.375. The Hall–Kier alpha value is -3.55. The summed E-state index contributed by atoms with van der Waals surface area (Å²) in [6, 6.07) is 14.7. The number of piperazine rings is 1. The number of benzene rings is 2. The molecule has 0 saturated carbocycles. The lowest BCUT2D eigenvalue weighted by Gasteiger charge is -2.36. The summed E-state index contributed by atoms with van der Waals surface area (Å²) in [6.07, 6.45) is 0. The Balaban J connectivity index is 1.38. The number of hydrogen-bond acceptors (Lipinski definition) is 5. The van der Waals surface area contributed by atoms with Gasteiger partial charge in [-0.25, -0.2) is 4.79 Å². The Morgan fingerprint density at radius 3 is 2.31 bits per heavy atom. The number of rotatable bonds is 5. The standard InChI is InChI=1S/C24H28N4O4/c1-17-6-4-5-7-20(17)24(2)22(30)28(23(31)25-24)16-21(29)27-14-12-26(13-15-27)18-8-10-19(32-3)11-9-18/h4-11H,12-16H2,1-3H3,(H,25,31). The molecular formula is C24H28N4O4. The van der Waals surface area contributed by atoms with Gasteiger partial charge in [0.1, 0.15) is 17.8 Å². The zero-order valence-corrected chi connectivity index (χ0v) is 18.6. The third-order valence-electron chi connectivity index (χ3n) is 6.32. The van der Waals surface area contributed by atoms with Gasteiger partial charge in [-0.15, -0.1) is 0 Å². The summed E-state index contributed by atoms with van der Waals surface area (Å²) in [5, 5.41) is 2.78. The maximum atomic E-state index is 13.2. The van der Waals surface area contributed by atoms with E-state index in [1.165, 1.54) is 0 Å². The van der Waals surface area contributed by atoms with Crippen LogP contribution >= 0.6 is 0 Å². The number of amides is 4. The highest BCUT2D eigenvalue weighted by Gasteiger charge is 2.50. The summed E-state index contributed by atoms with van der Waals surface area (Å²) in [4.78, 5) is 43.6. The zero-order valence-electron chi connectivity index (χ0n) is 18.6. The van der Waals surface area contributed by atoms with Crippen molar-refractivity contribution in [2.75, 3.05) is 44.7 Å². The van der Waals surface area contributed by atoms with Crippen LogP contribution in [-0.2, 0) is 15.1 Å². The number of urea groups is 1. The number of aryl methyl sites for hydroxylation is 1. The van der Waals surface area contributed by atoms with Gasteiger partial charge in [-0.1, -0.05) is 24.3 Å². The van der Waals surface area contributed by atoms with E-state index >= 15 is 0 Å². The summed E-state index contributed by atoms with van der Waals surface area (Å²) >= 11 is 0. The predicted molar refractivity (Wildman–Crippen MR) is 121 cm³/mol. The fourth-order valence-electron chi connectivity index (χ4n) is 4.40. The molecule has 1 atom stereocenters. The van der Waals surface area contributed by atoms with Crippen molar-refractivity contribution in [1.82, 2.24) is 15.1 Å². The van der Waals surface area contributed by atoms with E-state index in [0.717, 1.165) is 27.5 Å². The lowest BCUT2D eigenvalue weighted by Crippen LogP contribution is -2.52. The van der Waals surface area contributed by atoms with Crippen LogP contribution in [-0.4, -0.2) is 67.5 Å². The first-order valence-corrected chi connectivity index (χ1v) is 10.7. The summed E-state index contributed by atoms with van der Waals surface area (Å²) in [7, 11) is 1.63. The quantitative estimate of drug-likeness (QED) is 0.726. The predicted octanol–water partition coefficient (Wildman–Crippen LogP) is 2.12. The molecule has 2 heterocycles. The molecule has 0 radical (unpaired) electrons. The van der Waals surface area contributed by atoms with Gasteiger partial charge in [-0.2, -0.15) is 0 Å². The minimum Gasteiger partial charge on any atom is -0.497 e. The van der Waals surface area contributed by atoms with Crippen LogP contribution in [0.15, 0.2) is 48.5 Å². The first kappa shape index (κ1) is 21.7. The Morgan fingerprint density at radius 2 is 1.69 bits per heavy atom. The molecule has 8 nitrogen and oxygen atoms in total. The molecular weight excluding hydrogens is 408 g/mol. The first-order chi connectivity index (χ1) is 15.3. The molecule has 0 aliphatic carbocycles. The van der Waals surface area contributed by atoms with Crippen molar-refractivity contribution >= 4 is 23.5 Å². The second-order valence-electron chi connectivity index (χ2n) is 8.33. The van der Waals surface area contributed by atoms with E-state index < -0.39 is 17.5 Å². The maximum Gasteiger partial charge on any atom is 0.325 e. The number of carbonyl (C=O) groups is 3. The molecule has 168 valence electrons. The van der Waals surface area contributed by atoms with Gasteiger partial charge in [-0.3, -0.25) is 14.5 Å². The van der Waals surface area contributed by atoms with Crippen LogP contribution in [0.2, 0.25) is 0 Å². The zero-order chi connectivity index (χ0) is 22.9. The largest absolute Gasteiger partial charge is 0.497 e. The summed E-state index contributed by atoms with van der Waals surface area (Å²) in [6.45, 7) is 5.75. The van der Waals surface area contributed by atoms with E-state index in [9.17, 15) is 14.4 Å². The van der Waals surface area contributed by atoms with Crippen LogP contribution in [0.4, 0.5) is 10.5 Å². The molecule has 1 unspecified atom stereocenters. The van der Waals surface area contributed by atoms with E-state index in [-0.39, 0.29) is 12.5 Å². The van der Waals surface area contributed by atoms with E-state index in [2.05, 4.69) is 10.2 Å². The van der Waals surface area contributed by atoms with Crippen molar-refractivity contribution < 1.29 is 19.1 Å². The van der Waals surface area contributed by atoms with Gasteiger partial charge in [0.2, 0.25) is 5.91 Å². The molecule has 2 aromatic carbocycles.